The summed E-state index contributed by atoms with van der Waals surface area (Å²) in [4.78, 5) is 0.257. The highest BCUT2D eigenvalue weighted by molar-refractivity contribution is 7.89. The first-order valence-electron chi connectivity index (χ1n) is 5.98. The molecule has 0 saturated carbocycles. The van der Waals surface area contributed by atoms with Gasteiger partial charge in [-0.3, -0.25) is 0 Å². The third-order valence-electron chi connectivity index (χ3n) is 3.12. The van der Waals surface area contributed by atoms with Crippen molar-refractivity contribution in [3.8, 4) is 0 Å². The Morgan fingerprint density at radius 1 is 1.47 bits per heavy atom. The van der Waals surface area contributed by atoms with Gasteiger partial charge in [0.2, 0.25) is 10.0 Å². The minimum atomic E-state index is -3.48. The average molecular weight is 325 g/mol. The maximum absolute atomic E-state index is 12.2. The van der Waals surface area contributed by atoms with Crippen molar-refractivity contribution in [1.29, 1.82) is 0 Å². The molecule has 0 aromatic heterocycles. The Morgan fingerprint density at radius 2 is 2.21 bits per heavy atom. The van der Waals surface area contributed by atoms with E-state index in [1.165, 1.54) is 6.07 Å². The molecular formula is C12H18Cl2N2O2S. The lowest BCUT2D eigenvalue weighted by Gasteiger charge is -2.13. The van der Waals surface area contributed by atoms with E-state index in [2.05, 4.69) is 10.0 Å². The van der Waals surface area contributed by atoms with E-state index in [0.717, 1.165) is 19.4 Å². The molecule has 1 atom stereocenters. The lowest BCUT2D eigenvalue weighted by atomic mass is 10.2. The number of benzene rings is 1. The maximum Gasteiger partial charge on any atom is 0.240 e. The van der Waals surface area contributed by atoms with E-state index < -0.39 is 10.0 Å². The first kappa shape index (κ1) is 16.7. The predicted molar refractivity (Wildman–Crippen MR) is 79.7 cm³/mol. The van der Waals surface area contributed by atoms with Crippen molar-refractivity contribution in [3.05, 3.63) is 28.8 Å². The number of hydrogen-bond donors (Lipinski definition) is 2. The first-order valence-corrected chi connectivity index (χ1v) is 7.84. The molecule has 4 nitrogen and oxygen atoms in total. The molecule has 1 heterocycles. The summed E-state index contributed by atoms with van der Waals surface area (Å²) in [6.45, 7) is 3.15. The number of sulfonamides is 1. The second-order valence-electron chi connectivity index (χ2n) is 4.55. The highest BCUT2D eigenvalue weighted by Gasteiger charge is 2.20. The summed E-state index contributed by atoms with van der Waals surface area (Å²) < 4.78 is 27.0. The molecule has 0 bridgehead atoms. The molecule has 1 aromatic carbocycles. The molecule has 2 rings (SSSR count). The molecule has 7 heteroatoms. The van der Waals surface area contributed by atoms with E-state index in [4.69, 9.17) is 11.6 Å². The lowest BCUT2D eigenvalue weighted by molar-refractivity contribution is 0.551. The molecule has 1 aliphatic heterocycles. The zero-order chi connectivity index (χ0) is 13.2. The number of hydrogen-bond acceptors (Lipinski definition) is 3. The topological polar surface area (TPSA) is 58.2 Å². The third kappa shape index (κ3) is 4.33. The predicted octanol–water partition coefficient (Wildman–Crippen LogP) is 2.10. The normalized spacial score (nSPS) is 19.2. The van der Waals surface area contributed by atoms with Crippen LogP contribution in [0.15, 0.2) is 23.1 Å². The van der Waals surface area contributed by atoms with E-state index >= 15 is 0 Å². The molecule has 0 aliphatic carbocycles. The van der Waals surface area contributed by atoms with Crippen molar-refractivity contribution in [3.63, 3.8) is 0 Å². The van der Waals surface area contributed by atoms with Crippen molar-refractivity contribution in [2.45, 2.75) is 30.7 Å². The molecule has 0 radical (unpaired) electrons. The van der Waals surface area contributed by atoms with Crippen LogP contribution in [-0.2, 0) is 10.0 Å². The van der Waals surface area contributed by atoms with Crippen LogP contribution >= 0.6 is 24.0 Å². The van der Waals surface area contributed by atoms with Crippen LogP contribution in [0, 0.1) is 6.92 Å². The van der Waals surface area contributed by atoms with Gasteiger partial charge in [0.25, 0.3) is 0 Å². The summed E-state index contributed by atoms with van der Waals surface area (Å²) in [5.41, 5.74) is 0.700. The number of nitrogens with one attached hydrogen (secondary N) is 2. The van der Waals surface area contributed by atoms with Crippen LogP contribution < -0.4 is 10.0 Å². The maximum atomic E-state index is 12.2. The van der Waals surface area contributed by atoms with Crippen LogP contribution in [0.5, 0.6) is 0 Å². The van der Waals surface area contributed by atoms with Crippen molar-refractivity contribution in [2.24, 2.45) is 0 Å². The molecule has 2 N–H and O–H groups in total. The molecule has 1 unspecified atom stereocenters. The highest BCUT2D eigenvalue weighted by atomic mass is 35.5. The molecule has 1 fully saturated rings. The average Bonchev–Trinajstić information content (AvgIpc) is 2.83. The van der Waals surface area contributed by atoms with E-state index in [0.29, 0.717) is 17.1 Å². The lowest BCUT2D eigenvalue weighted by Crippen LogP contribution is -2.37. The van der Waals surface area contributed by atoms with Crippen LogP contribution in [0.4, 0.5) is 0 Å². The fourth-order valence-corrected chi connectivity index (χ4v) is 3.67. The first-order chi connectivity index (χ1) is 8.49. The van der Waals surface area contributed by atoms with Gasteiger partial charge in [0.15, 0.2) is 0 Å². The van der Waals surface area contributed by atoms with E-state index in [-0.39, 0.29) is 23.3 Å². The van der Waals surface area contributed by atoms with Crippen molar-refractivity contribution in [2.75, 3.05) is 13.1 Å². The van der Waals surface area contributed by atoms with E-state index in [1.54, 1.807) is 19.1 Å². The summed E-state index contributed by atoms with van der Waals surface area (Å²) in [6, 6.07) is 5.12. The summed E-state index contributed by atoms with van der Waals surface area (Å²) in [5, 5.41) is 3.68. The second kappa shape index (κ2) is 6.90. The summed E-state index contributed by atoms with van der Waals surface area (Å²) in [6.07, 6.45) is 2.11. The van der Waals surface area contributed by atoms with Gasteiger partial charge in [-0.2, -0.15) is 0 Å². The number of halogens is 2. The van der Waals surface area contributed by atoms with Crippen molar-refractivity contribution < 1.29 is 8.42 Å². The zero-order valence-electron chi connectivity index (χ0n) is 10.6. The van der Waals surface area contributed by atoms with Gasteiger partial charge < -0.3 is 5.32 Å². The van der Waals surface area contributed by atoms with Crippen LogP contribution in [0.25, 0.3) is 0 Å². The van der Waals surface area contributed by atoms with E-state index in [9.17, 15) is 8.42 Å². The standard InChI is InChI=1S/C12H17ClN2O2S.ClH/c1-9-4-5-10(13)7-12(9)18(16,17)15-8-11-3-2-6-14-11;/h4-5,7,11,14-15H,2-3,6,8H2,1H3;1H. The minimum absolute atomic E-state index is 0. The number of aryl methyl sites for hydroxylation is 1. The summed E-state index contributed by atoms with van der Waals surface area (Å²) >= 11 is 5.85. The third-order valence-corrected chi connectivity index (χ3v) is 4.92. The van der Waals surface area contributed by atoms with Gasteiger partial charge in [-0.05, 0) is 44.0 Å². The summed E-state index contributed by atoms with van der Waals surface area (Å²) in [5.74, 6) is 0. The second-order valence-corrected chi connectivity index (χ2v) is 6.73. The Labute approximate surface area is 125 Å². The van der Waals surface area contributed by atoms with Crippen LogP contribution in [0.3, 0.4) is 0 Å². The monoisotopic (exact) mass is 324 g/mol. The number of rotatable bonds is 4. The Bertz CT molecular complexity index is 529. The molecule has 1 aliphatic rings. The van der Waals surface area contributed by atoms with E-state index in [1.807, 2.05) is 0 Å². The molecule has 0 spiro atoms. The molecule has 108 valence electrons. The van der Waals surface area contributed by atoms with Crippen molar-refractivity contribution >= 4 is 34.0 Å². The SMILES string of the molecule is Cc1ccc(Cl)cc1S(=O)(=O)NCC1CCCN1.Cl. The smallest absolute Gasteiger partial charge is 0.240 e. The fraction of sp³-hybridized carbons (Fsp3) is 0.500. The largest absolute Gasteiger partial charge is 0.313 e. The molecule has 1 saturated heterocycles. The van der Waals surface area contributed by atoms with Gasteiger partial charge in [-0.1, -0.05) is 17.7 Å². The Balaban J connectivity index is 0.00000180. The Kier molecular flexibility index (Phi) is 6.08. The highest BCUT2D eigenvalue weighted by Crippen LogP contribution is 2.20. The van der Waals surface area contributed by atoms with Crippen LogP contribution in [-0.4, -0.2) is 27.5 Å². The van der Waals surface area contributed by atoms with Crippen LogP contribution in [0.1, 0.15) is 18.4 Å². The van der Waals surface area contributed by atoms with Gasteiger partial charge >= 0.3 is 0 Å². The van der Waals surface area contributed by atoms with Gasteiger partial charge in [-0.15, -0.1) is 12.4 Å². The fourth-order valence-electron chi connectivity index (χ4n) is 2.08. The molecule has 1 aromatic rings. The molecule has 19 heavy (non-hydrogen) atoms. The summed E-state index contributed by atoms with van der Waals surface area (Å²) in [7, 11) is -3.48. The quantitative estimate of drug-likeness (QED) is 0.891. The minimum Gasteiger partial charge on any atom is -0.313 e. The van der Waals surface area contributed by atoms with Gasteiger partial charge in [-0.25, -0.2) is 13.1 Å². The Hall–Kier alpha value is -0.330. The van der Waals surface area contributed by atoms with Gasteiger partial charge in [0, 0.05) is 17.6 Å². The van der Waals surface area contributed by atoms with Gasteiger partial charge in [0.05, 0.1) is 4.90 Å². The zero-order valence-corrected chi connectivity index (χ0v) is 13.0. The van der Waals surface area contributed by atoms with Gasteiger partial charge in [0.1, 0.15) is 0 Å². The van der Waals surface area contributed by atoms with Crippen molar-refractivity contribution in [1.82, 2.24) is 10.0 Å². The Morgan fingerprint density at radius 3 is 2.84 bits per heavy atom. The van der Waals surface area contributed by atoms with Crippen LogP contribution in [0.2, 0.25) is 5.02 Å². The molecular weight excluding hydrogens is 307 g/mol. The molecule has 0 amide bonds.